The Kier molecular flexibility index (Phi) is 5.08. The molecule has 0 aliphatic carbocycles. The van der Waals surface area contributed by atoms with Crippen LogP contribution in [0.3, 0.4) is 0 Å². The number of halogens is 2. The first kappa shape index (κ1) is 14.6. The highest BCUT2D eigenvalue weighted by atomic mass is 35.5. The van der Waals surface area contributed by atoms with Gasteiger partial charge in [0.05, 0.1) is 0 Å². The molecule has 1 aromatic carbocycles. The molecule has 1 N–H and O–H groups in total. The van der Waals surface area contributed by atoms with Crippen LogP contribution in [0.25, 0.3) is 0 Å². The van der Waals surface area contributed by atoms with Gasteiger partial charge in [-0.1, -0.05) is 29.3 Å². The lowest BCUT2D eigenvalue weighted by Crippen LogP contribution is -2.52. The number of amides is 1. The zero-order chi connectivity index (χ0) is 13.8. The normalized spacial score (nSPS) is 19.5. The van der Waals surface area contributed by atoms with E-state index < -0.39 is 0 Å². The minimum atomic E-state index is 0.194. The topological polar surface area (TPSA) is 32.3 Å². The molecule has 1 fully saturated rings. The molecule has 0 radical (unpaired) electrons. The fourth-order valence-corrected chi connectivity index (χ4v) is 2.82. The van der Waals surface area contributed by atoms with Crippen molar-refractivity contribution in [2.45, 2.75) is 25.8 Å². The van der Waals surface area contributed by atoms with Gasteiger partial charge in [-0.05, 0) is 31.0 Å². The van der Waals surface area contributed by atoms with E-state index in [1.54, 1.807) is 12.1 Å². The molecule has 1 saturated heterocycles. The average Bonchev–Trinajstić information content (AvgIpc) is 2.38. The number of nitrogens with zero attached hydrogens (tertiary/aromatic N) is 1. The molecule has 1 aromatic rings. The van der Waals surface area contributed by atoms with Crippen LogP contribution >= 0.6 is 23.2 Å². The van der Waals surface area contributed by atoms with Crippen molar-refractivity contribution >= 4 is 29.1 Å². The Labute approximate surface area is 123 Å². The highest BCUT2D eigenvalue weighted by Crippen LogP contribution is 2.22. The number of hydrogen-bond donors (Lipinski definition) is 1. The minimum Gasteiger partial charge on any atom is -0.337 e. The highest BCUT2D eigenvalue weighted by molar-refractivity contribution is 6.35. The molecule has 19 heavy (non-hydrogen) atoms. The Morgan fingerprint density at radius 2 is 2.26 bits per heavy atom. The quantitative estimate of drug-likeness (QED) is 0.931. The van der Waals surface area contributed by atoms with Gasteiger partial charge in [0.15, 0.2) is 0 Å². The van der Waals surface area contributed by atoms with Crippen molar-refractivity contribution < 1.29 is 4.79 Å². The summed E-state index contributed by atoms with van der Waals surface area (Å²) in [5.74, 6) is 0.194. The summed E-state index contributed by atoms with van der Waals surface area (Å²) in [7, 11) is 0. The third kappa shape index (κ3) is 3.85. The van der Waals surface area contributed by atoms with Crippen molar-refractivity contribution in [3.8, 4) is 0 Å². The summed E-state index contributed by atoms with van der Waals surface area (Å²) in [6.45, 7) is 4.60. The lowest BCUT2D eigenvalue weighted by Gasteiger charge is -2.34. The summed E-state index contributed by atoms with van der Waals surface area (Å²) < 4.78 is 0. The molecule has 3 nitrogen and oxygen atoms in total. The second kappa shape index (κ2) is 6.60. The van der Waals surface area contributed by atoms with E-state index in [0.29, 0.717) is 22.9 Å². The number of piperazine rings is 1. The molecule has 0 aromatic heterocycles. The summed E-state index contributed by atoms with van der Waals surface area (Å²) in [4.78, 5) is 14.1. The third-order valence-electron chi connectivity index (χ3n) is 3.44. The molecular formula is C14H18Cl2N2O. The maximum atomic E-state index is 12.2. The number of nitrogens with one attached hydrogen (secondary N) is 1. The van der Waals surface area contributed by atoms with Crippen LogP contribution in [0.1, 0.15) is 18.9 Å². The number of carbonyl (C=O) groups is 1. The number of rotatable bonds is 3. The van der Waals surface area contributed by atoms with Crippen molar-refractivity contribution in [1.82, 2.24) is 10.2 Å². The van der Waals surface area contributed by atoms with Gasteiger partial charge in [0.25, 0.3) is 0 Å². The van der Waals surface area contributed by atoms with Gasteiger partial charge in [-0.15, -0.1) is 0 Å². The van der Waals surface area contributed by atoms with E-state index in [4.69, 9.17) is 23.2 Å². The molecular weight excluding hydrogens is 283 g/mol. The molecule has 104 valence electrons. The molecule has 1 aliphatic heterocycles. The van der Waals surface area contributed by atoms with Gasteiger partial charge in [0.2, 0.25) is 5.91 Å². The SMILES string of the molecule is C[C@H]1CNCCN1C(=O)CCc1ccc(Cl)cc1Cl. The third-order valence-corrected chi connectivity index (χ3v) is 4.03. The van der Waals surface area contributed by atoms with Crippen molar-refractivity contribution in [3.05, 3.63) is 33.8 Å². The highest BCUT2D eigenvalue weighted by Gasteiger charge is 2.22. The maximum Gasteiger partial charge on any atom is 0.223 e. The van der Waals surface area contributed by atoms with Crippen LogP contribution in [0.5, 0.6) is 0 Å². The summed E-state index contributed by atoms with van der Waals surface area (Å²) >= 11 is 12.0. The Morgan fingerprint density at radius 1 is 1.47 bits per heavy atom. The summed E-state index contributed by atoms with van der Waals surface area (Å²) in [5, 5.41) is 4.53. The Morgan fingerprint density at radius 3 is 2.95 bits per heavy atom. The van der Waals surface area contributed by atoms with Gasteiger partial charge in [-0.2, -0.15) is 0 Å². The van der Waals surface area contributed by atoms with Gasteiger partial charge < -0.3 is 10.2 Å². The molecule has 1 aliphatic rings. The van der Waals surface area contributed by atoms with Crippen molar-refractivity contribution in [2.75, 3.05) is 19.6 Å². The van der Waals surface area contributed by atoms with E-state index in [-0.39, 0.29) is 11.9 Å². The van der Waals surface area contributed by atoms with Crippen LogP contribution in [-0.4, -0.2) is 36.5 Å². The molecule has 5 heteroatoms. The molecule has 1 atom stereocenters. The number of hydrogen-bond acceptors (Lipinski definition) is 2. The van der Waals surface area contributed by atoms with Gasteiger partial charge in [-0.25, -0.2) is 0 Å². The van der Waals surface area contributed by atoms with Crippen molar-refractivity contribution in [3.63, 3.8) is 0 Å². The lowest BCUT2D eigenvalue weighted by molar-refractivity contribution is -0.133. The van der Waals surface area contributed by atoms with Crippen LogP contribution in [0.4, 0.5) is 0 Å². The number of aryl methyl sites for hydroxylation is 1. The zero-order valence-corrected chi connectivity index (χ0v) is 12.5. The second-order valence-corrected chi connectivity index (χ2v) is 5.72. The smallest absolute Gasteiger partial charge is 0.223 e. The first-order valence-electron chi connectivity index (χ1n) is 6.52. The molecule has 0 saturated carbocycles. The molecule has 0 unspecified atom stereocenters. The van der Waals surface area contributed by atoms with Crippen LogP contribution in [0.2, 0.25) is 10.0 Å². The van der Waals surface area contributed by atoms with Crippen LogP contribution in [-0.2, 0) is 11.2 Å². The van der Waals surface area contributed by atoms with Crippen LogP contribution in [0, 0.1) is 0 Å². The maximum absolute atomic E-state index is 12.2. The van der Waals surface area contributed by atoms with Crippen molar-refractivity contribution in [1.29, 1.82) is 0 Å². The van der Waals surface area contributed by atoms with Crippen LogP contribution in [0.15, 0.2) is 18.2 Å². The van der Waals surface area contributed by atoms with E-state index in [1.807, 2.05) is 11.0 Å². The Bertz CT molecular complexity index is 465. The van der Waals surface area contributed by atoms with Gasteiger partial charge in [-0.3, -0.25) is 4.79 Å². The summed E-state index contributed by atoms with van der Waals surface area (Å²) in [5.41, 5.74) is 0.974. The van der Waals surface area contributed by atoms with E-state index >= 15 is 0 Å². The van der Waals surface area contributed by atoms with E-state index in [1.165, 1.54) is 0 Å². The lowest BCUT2D eigenvalue weighted by atomic mass is 10.1. The molecule has 1 heterocycles. The van der Waals surface area contributed by atoms with Gasteiger partial charge in [0.1, 0.15) is 0 Å². The van der Waals surface area contributed by atoms with E-state index in [2.05, 4.69) is 12.2 Å². The fraction of sp³-hybridized carbons (Fsp3) is 0.500. The summed E-state index contributed by atoms with van der Waals surface area (Å²) in [6.07, 6.45) is 1.15. The predicted molar refractivity (Wildman–Crippen MR) is 78.8 cm³/mol. The zero-order valence-electron chi connectivity index (χ0n) is 11.0. The average molecular weight is 301 g/mol. The Balaban J connectivity index is 1.92. The van der Waals surface area contributed by atoms with Gasteiger partial charge >= 0.3 is 0 Å². The first-order valence-corrected chi connectivity index (χ1v) is 7.27. The molecule has 0 bridgehead atoms. The number of benzene rings is 1. The fourth-order valence-electron chi connectivity index (χ4n) is 2.32. The largest absolute Gasteiger partial charge is 0.337 e. The molecule has 1 amide bonds. The summed E-state index contributed by atoms with van der Waals surface area (Å²) in [6, 6.07) is 5.68. The molecule has 0 spiro atoms. The van der Waals surface area contributed by atoms with E-state index in [9.17, 15) is 4.79 Å². The standard InChI is InChI=1S/C14H18Cl2N2O/c1-10-9-17-6-7-18(10)14(19)5-3-11-2-4-12(15)8-13(11)16/h2,4,8,10,17H,3,5-7,9H2,1H3/t10-/m0/s1. The monoisotopic (exact) mass is 300 g/mol. The van der Waals surface area contributed by atoms with Crippen molar-refractivity contribution in [2.24, 2.45) is 0 Å². The minimum absolute atomic E-state index is 0.194. The number of carbonyl (C=O) groups excluding carboxylic acids is 1. The van der Waals surface area contributed by atoms with E-state index in [0.717, 1.165) is 25.2 Å². The van der Waals surface area contributed by atoms with Crippen LogP contribution < -0.4 is 5.32 Å². The Hall–Kier alpha value is -0.770. The van der Waals surface area contributed by atoms with Gasteiger partial charge in [0, 0.05) is 42.1 Å². The predicted octanol–water partition coefficient (Wildman–Crippen LogP) is 2.75. The first-order chi connectivity index (χ1) is 9.08. The molecule has 2 rings (SSSR count). The second-order valence-electron chi connectivity index (χ2n) is 4.88.